The van der Waals surface area contributed by atoms with Crippen LogP contribution < -0.4 is 4.74 Å². The summed E-state index contributed by atoms with van der Waals surface area (Å²) in [5.41, 5.74) is 4.99. The Balaban J connectivity index is 1.93. The maximum Gasteiger partial charge on any atom is 0.180 e. The van der Waals surface area contributed by atoms with E-state index in [4.69, 9.17) is 11.2 Å². The monoisotopic (exact) mass is 291 g/mol. The van der Waals surface area contributed by atoms with Gasteiger partial charge in [0.1, 0.15) is 6.61 Å². The SMILES string of the molecule is C#CCc1c(C)nc2c(OCc3cnccc3C)cccn12. The van der Waals surface area contributed by atoms with E-state index < -0.39 is 0 Å². The second-order valence-electron chi connectivity index (χ2n) is 5.18. The molecule has 0 spiro atoms. The van der Waals surface area contributed by atoms with Gasteiger partial charge in [-0.2, -0.15) is 0 Å². The summed E-state index contributed by atoms with van der Waals surface area (Å²) >= 11 is 0. The molecule has 0 saturated carbocycles. The highest BCUT2D eigenvalue weighted by molar-refractivity contribution is 5.56. The Kier molecular flexibility index (Phi) is 3.80. The fraction of sp³-hybridized carbons (Fsp3) is 0.222. The predicted octanol–water partition coefficient (Wildman–Crippen LogP) is 3.10. The highest BCUT2D eigenvalue weighted by atomic mass is 16.5. The van der Waals surface area contributed by atoms with Crippen molar-refractivity contribution in [1.29, 1.82) is 0 Å². The smallest absolute Gasteiger partial charge is 0.180 e. The quantitative estimate of drug-likeness (QED) is 0.693. The van der Waals surface area contributed by atoms with Gasteiger partial charge in [0, 0.05) is 24.2 Å². The number of rotatable bonds is 4. The van der Waals surface area contributed by atoms with Gasteiger partial charge >= 0.3 is 0 Å². The summed E-state index contributed by atoms with van der Waals surface area (Å²) in [5.74, 6) is 3.43. The first-order valence-electron chi connectivity index (χ1n) is 7.13. The van der Waals surface area contributed by atoms with E-state index in [0.717, 1.165) is 33.9 Å². The third-order valence-electron chi connectivity index (χ3n) is 3.71. The highest BCUT2D eigenvalue weighted by Crippen LogP contribution is 2.23. The van der Waals surface area contributed by atoms with Crippen molar-refractivity contribution >= 4 is 5.65 Å². The minimum Gasteiger partial charge on any atom is -0.485 e. The van der Waals surface area contributed by atoms with Gasteiger partial charge in [-0.1, -0.05) is 0 Å². The molecule has 0 saturated heterocycles. The lowest BCUT2D eigenvalue weighted by Gasteiger charge is -2.09. The summed E-state index contributed by atoms with van der Waals surface area (Å²) in [7, 11) is 0. The lowest BCUT2D eigenvalue weighted by atomic mass is 10.2. The predicted molar refractivity (Wildman–Crippen MR) is 85.8 cm³/mol. The van der Waals surface area contributed by atoms with Crippen LogP contribution in [-0.2, 0) is 13.0 Å². The maximum atomic E-state index is 5.96. The van der Waals surface area contributed by atoms with Gasteiger partial charge in [0.15, 0.2) is 11.4 Å². The van der Waals surface area contributed by atoms with Crippen LogP contribution in [0, 0.1) is 26.2 Å². The lowest BCUT2D eigenvalue weighted by Crippen LogP contribution is -2.00. The van der Waals surface area contributed by atoms with Gasteiger partial charge in [-0.15, -0.1) is 12.3 Å². The van der Waals surface area contributed by atoms with Gasteiger partial charge < -0.3 is 4.74 Å². The minimum atomic E-state index is 0.468. The number of terminal acetylenes is 1. The summed E-state index contributed by atoms with van der Waals surface area (Å²) in [6, 6.07) is 5.84. The standard InChI is InChI=1S/C18H17N3O/c1-4-6-16-14(3)20-18-17(7-5-10-21(16)18)22-12-15-11-19-9-8-13(15)2/h1,5,7-11H,6,12H2,2-3H3. The first-order valence-corrected chi connectivity index (χ1v) is 7.13. The van der Waals surface area contributed by atoms with Crippen molar-refractivity contribution in [3.05, 3.63) is 59.3 Å². The van der Waals surface area contributed by atoms with Crippen LogP contribution in [0.1, 0.15) is 22.5 Å². The van der Waals surface area contributed by atoms with Crippen molar-refractivity contribution in [2.45, 2.75) is 26.9 Å². The molecule has 0 aromatic carbocycles. The molecule has 3 rings (SSSR count). The molecular weight excluding hydrogens is 274 g/mol. The Morgan fingerprint density at radius 2 is 2.18 bits per heavy atom. The molecule has 0 fully saturated rings. The first-order chi connectivity index (χ1) is 10.7. The van der Waals surface area contributed by atoms with E-state index in [1.54, 1.807) is 6.20 Å². The molecule has 0 amide bonds. The Bertz CT molecular complexity index is 858. The molecule has 0 unspecified atom stereocenters. The zero-order valence-corrected chi connectivity index (χ0v) is 12.7. The zero-order chi connectivity index (χ0) is 15.5. The molecule has 22 heavy (non-hydrogen) atoms. The van der Waals surface area contributed by atoms with E-state index in [2.05, 4.69) is 15.9 Å². The van der Waals surface area contributed by atoms with Gasteiger partial charge in [0.2, 0.25) is 0 Å². The van der Waals surface area contributed by atoms with Gasteiger partial charge in [-0.3, -0.25) is 9.38 Å². The third-order valence-corrected chi connectivity index (χ3v) is 3.71. The van der Waals surface area contributed by atoms with Gasteiger partial charge in [0.05, 0.1) is 17.8 Å². The van der Waals surface area contributed by atoms with Crippen LogP contribution in [0.5, 0.6) is 5.75 Å². The number of hydrogen-bond acceptors (Lipinski definition) is 3. The number of fused-ring (bicyclic) bond motifs is 1. The van der Waals surface area contributed by atoms with Crippen molar-refractivity contribution in [1.82, 2.24) is 14.4 Å². The molecule has 0 bridgehead atoms. The number of ether oxygens (including phenoxy) is 1. The van der Waals surface area contributed by atoms with Crippen LogP contribution in [0.3, 0.4) is 0 Å². The normalized spacial score (nSPS) is 10.6. The van der Waals surface area contributed by atoms with E-state index in [1.807, 2.05) is 48.8 Å². The maximum absolute atomic E-state index is 5.96. The average molecular weight is 291 g/mol. The Labute approximate surface area is 129 Å². The zero-order valence-electron chi connectivity index (χ0n) is 12.7. The van der Waals surface area contributed by atoms with Crippen molar-refractivity contribution in [3.8, 4) is 18.1 Å². The minimum absolute atomic E-state index is 0.468. The van der Waals surface area contributed by atoms with Crippen LogP contribution in [0.4, 0.5) is 0 Å². The van der Waals surface area contributed by atoms with Crippen LogP contribution in [0.2, 0.25) is 0 Å². The number of hydrogen-bond donors (Lipinski definition) is 0. The van der Waals surface area contributed by atoms with E-state index in [-0.39, 0.29) is 0 Å². The molecule has 0 aliphatic rings. The number of aromatic nitrogens is 3. The fourth-order valence-electron chi connectivity index (χ4n) is 2.43. The number of nitrogens with zero attached hydrogens (tertiary/aromatic N) is 3. The number of imidazole rings is 1. The van der Waals surface area contributed by atoms with Crippen LogP contribution >= 0.6 is 0 Å². The molecule has 0 N–H and O–H groups in total. The molecular formula is C18H17N3O. The van der Waals surface area contributed by atoms with Crippen molar-refractivity contribution in [3.63, 3.8) is 0 Å². The molecule has 3 aromatic rings. The molecule has 4 heteroatoms. The highest BCUT2D eigenvalue weighted by Gasteiger charge is 2.12. The van der Waals surface area contributed by atoms with Crippen molar-refractivity contribution in [2.75, 3.05) is 0 Å². The second-order valence-corrected chi connectivity index (χ2v) is 5.18. The molecule has 0 aliphatic carbocycles. The first kappa shape index (κ1) is 14.2. The summed E-state index contributed by atoms with van der Waals surface area (Å²) in [5, 5.41) is 0. The van der Waals surface area contributed by atoms with Crippen molar-refractivity contribution in [2.24, 2.45) is 0 Å². The fourth-order valence-corrected chi connectivity index (χ4v) is 2.43. The van der Waals surface area contributed by atoms with Crippen LogP contribution in [0.25, 0.3) is 5.65 Å². The molecule has 110 valence electrons. The molecule has 0 atom stereocenters. The van der Waals surface area contributed by atoms with E-state index in [0.29, 0.717) is 13.0 Å². The van der Waals surface area contributed by atoms with Crippen molar-refractivity contribution < 1.29 is 4.74 Å². The van der Waals surface area contributed by atoms with Crippen LogP contribution in [-0.4, -0.2) is 14.4 Å². The Morgan fingerprint density at radius 1 is 1.32 bits per heavy atom. The van der Waals surface area contributed by atoms with Gasteiger partial charge in [-0.05, 0) is 37.6 Å². The molecule has 3 aromatic heterocycles. The summed E-state index contributed by atoms with van der Waals surface area (Å²) in [6.07, 6.45) is 11.6. The Hall–Kier alpha value is -2.80. The van der Waals surface area contributed by atoms with Gasteiger partial charge in [-0.25, -0.2) is 4.98 Å². The van der Waals surface area contributed by atoms with E-state index in [1.165, 1.54) is 0 Å². The number of pyridine rings is 2. The summed E-state index contributed by atoms with van der Waals surface area (Å²) < 4.78 is 7.96. The molecule has 0 aliphatic heterocycles. The molecule has 0 radical (unpaired) electrons. The van der Waals surface area contributed by atoms with E-state index in [9.17, 15) is 0 Å². The third kappa shape index (κ3) is 2.53. The Morgan fingerprint density at radius 3 is 2.95 bits per heavy atom. The van der Waals surface area contributed by atoms with Gasteiger partial charge in [0.25, 0.3) is 0 Å². The second kappa shape index (κ2) is 5.90. The molecule has 3 heterocycles. The molecule has 4 nitrogen and oxygen atoms in total. The number of aryl methyl sites for hydroxylation is 2. The topological polar surface area (TPSA) is 39.4 Å². The summed E-state index contributed by atoms with van der Waals surface area (Å²) in [4.78, 5) is 8.73. The largest absolute Gasteiger partial charge is 0.485 e. The summed E-state index contributed by atoms with van der Waals surface area (Å²) in [6.45, 7) is 4.48. The van der Waals surface area contributed by atoms with Crippen LogP contribution in [0.15, 0.2) is 36.8 Å². The lowest BCUT2D eigenvalue weighted by molar-refractivity contribution is 0.307. The van der Waals surface area contributed by atoms with E-state index >= 15 is 0 Å². The average Bonchev–Trinajstić information content (AvgIpc) is 2.84.